The van der Waals surface area contributed by atoms with Crippen LogP contribution in [-0.4, -0.2) is 44.2 Å². The quantitative estimate of drug-likeness (QED) is 0.901. The molecule has 104 valence electrons. The van der Waals surface area contributed by atoms with Gasteiger partial charge in [0.1, 0.15) is 0 Å². The van der Waals surface area contributed by atoms with E-state index in [1.54, 1.807) is 19.0 Å². The Labute approximate surface area is 114 Å². The molecule has 4 heteroatoms. The number of carbonyl (C=O) groups excluding carboxylic acids is 1. The zero-order chi connectivity index (χ0) is 13.7. The molecule has 0 spiro atoms. The van der Waals surface area contributed by atoms with Crippen LogP contribution in [0.3, 0.4) is 0 Å². The lowest BCUT2D eigenvalue weighted by atomic mass is 10.1. The Balaban J connectivity index is 1.88. The van der Waals surface area contributed by atoms with Crippen molar-refractivity contribution in [2.75, 3.05) is 32.6 Å². The van der Waals surface area contributed by atoms with Gasteiger partial charge in [0.2, 0.25) is 5.91 Å². The van der Waals surface area contributed by atoms with Gasteiger partial charge in [-0.3, -0.25) is 4.79 Å². The minimum atomic E-state index is 0.126. The molecule has 2 rings (SSSR count). The van der Waals surface area contributed by atoms with E-state index in [1.165, 1.54) is 0 Å². The van der Waals surface area contributed by atoms with Gasteiger partial charge in [-0.05, 0) is 30.5 Å². The summed E-state index contributed by atoms with van der Waals surface area (Å²) in [5.41, 5.74) is 2.14. The van der Waals surface area contributed by atoms with Gasteiger partial charge in [0.25, 0.3) is 0 Å². The van der Waals surface area contributed by atoms with Gasteiger partial charge in [0.15, 0.2) is 0 Å². The monoisotopic (exact) mass is 262 g/mol. The van der Waals surface area contributed by atoms with Crippen LogP contribution >= 0.6 is 0 Å². The van der Waals surface area contributed by atoms with Crippen LogP contribution in [-0.2, 0) is 16.0 Å². The number of rotatable bonds is 4. The van der Waals surface area contributed by atoms with Gasteiger partial charge in [-0.1, -0.05) is 12.1 Å². The minimum absolute atomic E-state index is 0.126. The fourth-order valence-electron chi connectivity index (χ4n) is 2.14. The van der Waals surface area contributed by atoms with E-state index in [2.05, 4.69) is 5.32 Å². The summed E-state index contributed by atoms with van der Waals surface area (Å²) < 4.78 is 5.44. The van der Waals surface area contributed by atoms with Crippen molar-refractivity contribution in [1.82, 2.24) is 4.90 Å². The van der Waals surface area contributed by atoms with Gasteiger partial charge < -0.3 is 15.0 Å². The Morgan fingerprint density at radius 3 is 2.68 bits per heavy atom. The molecule has 1 aromatic carbocycles. The first-order valence-corrected chi connectivity index (χ1v) is 6.78. The van der Waals surface area contributed by atoms with E-state index >= 15 is 0 Å². The Morgan fingerprint density at radius 2 is 2.11 bits per heavy atom. The van der Waals surface area contributed by atoms with Crippen LogP contribution in [0.15, 0.2) is 24.3 Å². The molecule has 1 aliphatic rings. The largest absolute Gasteiger partial charge is 0.380 e. The maximum absolute atomic E-state index is 11.6. The molecule has 0 saturated carbocycles. The number of nitrogens with one attached hydrogen (secondary N) is 1. The highest BCUT2D eigenvalue weighted by molar-refractivity contribution is 5.78. The first kappa shape index (κ1) is 13.9. The molecule has 1 amide bonds. The molecule has 1 aliphatic heterocycles. The van der Waals surface area contributed by atoms with Crippen LogP contribution in [0.5, 0.6) is 0 Å². The summed E-state index contributed by atoms with van der Waals surface area (Å²) in [6, 6.07) is 8.49. The lowest BCUT2D eigenvalue weighted by Crippen LogP contribution is -2.29. The third-order valence-electron chi connectivity index (χ3n) is 3.34. The third-order valence-corrected chi connectivity index (χ3v) is 3.34. The third kappa shape index (κ3) is 4.24. The van der Waals surface area contributed by atoms with E-state index < -0.39 is 0 Å². The first-order chi connectivity index (χ1) is 9.15. The molecule has 1 unspecified atom stereocenters. The number of amides is 1. The smallest absolute Gasteiger partial charge is 0.226 e. The minimum Gasteiger partial charge on any atom is -0.380 e. The van der Waals surface area contributed by atoms with Crippen LogP contribution in [0, 0.1) is 0 Å². The summed E-state index contributed by atoms with van der Waals surface area (Å²) in [5.74, 6) is 0.126. The van der Waals surface area contributed by atoms with Crippen LogP contribution < -0.4 is 5.32 Å². The molecule has 19 heavy (non-hydrogen) atoms. The van der Waals surface area contributed by atoms with Crippen LogP contribution in [0.4, 0.5) is 5.69 Å². The van der Waals surface area contributed by atoms with E-state index in [4.69, 9.17) is 4.74 Å². The molecule has 0 aliphatic carbocycles. The predicted molar refractivity (Wildman–Crippen MR) is 76.3 cm³/mol. The number of anilines is 1. The average molecular weight is 262 g/mol. The Hall–Kier alpha value is -1.55. The molecule has 0 bridgehead atoms. The Bertz CT molecular complexity index is 409. The molecule has 1 atom stereocenters. The summed E-state index contributed by atoms with van der Waals surface area (Å²) in [6.45, 7) is 1.66. The fourth-order valence-corrected chi connectivity index (χ4v) is 2.14. The number of hydrogen-bond acceptors (Lipinski definition) is 3. The van der Waals surface area contributed by atoms with Gasteiger partial charge >= 0.3 is 0 Å². The highest BCUT2D eigenvalue weighted by Crippen LogP contribution is 2.15. The molecule has 0 radical (unpaired) electrons. The summed E-state index contributed by atoms with van der Waals surface area (Å²) >= 11 is 0. The number of likely N-dealkylation sites (N-methyl/N-ethyl adjacent to an activating group) is 1. The zero-order valence-corrected chi connectivity index (χ0v) is 11.7. The van der Waals surface area contributed by atoms with Crippen molar-refractivity contribution >= 4 is 11.6 Å². The number of benzene rings is 1. The molecule has 1 fully saturated rings. The lowest BCUT2D eigenvalue weighted by Gasteiger charge is -2.24. The molecule has 0 aromatic heterocycles. The van der Waals surface area contributed by atoms with Crippen LogP contribution in [0.25, 0.3) is 0 Å². The number of hydrogen-bond donors (Lipinski definition) is 1. The second-order valence-electron chi connectivity index (χ2n) is 5.22. The second kappa shape index (κ2) is 6.57. The summed E-state index contributed by atoms with van der Waals surface area (Å²) in [7, 11) is 3.56. The van der Waals surface area contributed by atoms with E-state index in [0.717, 1.165) is 37.3 Å². The van der Waals surface area contributed by atoms with E-state index in [0.29, 0.717) is 12.5 Å². The normalized spacial score (nSPS) is 18.9. The highest BCUT2D eigenvalue weighted by Gasteiger charge is 2.13. The molecule has 1 heterocycles. The van der Waals surface area contributed by atoms with Crippen molar-refractivity contribution in [2.24, 2.45) is 0 Å². The summed E-state index contributed by atoms with van der Waals surface area (Å²) in [6.07, 6.45) is 2.73. The SMILES string of the molecule is CN(C)C(=O)Cc1ccc(NC2CCCOC2)cc1. The van der Waals surface area contributed by atoms with Gasteiger partial charge in [-0.25, -0.2) is 0 Å². The van der Waals surface area contributed by atoms with Gasteiger partial charge in [0, 0.05) is 32.4 Å². The molecule has 1 N–H and O–H groups in total. The van der Waals surface area contributed by atoms with Gasteiger partial charge in [-0.15, -0.1) is 0 Å². The topological polar surface area (TPSA) is 41.6 Å². The molecule has 1 aromatic rings. The van der Waals surface area contributed by atoms with Gasteiger partial charge in [-0.2, -0.15) is 0 Å². The Kier molecular flexibility index (Phi) is 4.80. The van der Waals surface area contributed by atoms with E-state index in [1.807, 2.05) is 24.3 Å². The van der Waals surface area contributed by atoms with Gasteiger partial charge in [0.05, 0.1) is 13.0 Å². The molecule has 4 nitrogen and oxygen atoms in total. The number of carbonyl (C=O) groups is 1. The van der Waals surface area contributed by atoms with Crippen LogP contribution in [0.2, 0.25) is 0 Å². The van der Waals surface area contributed by atoms with E-state index in [-0.39, 0.29) is 5.91 Å². The second-order valence-corrected chi connectivity index (χ2v) is 5.22. The van der Waals surface area contributed by atoms with Crippen molar-refractivity contribution < 1.29 is 9.53 Å². The van der Waals surface area contributed by atoms with Crippen molar-refractivity contribution in [2.45, 2.75) is 25.3 Å². The van der Waals surface area contributed by atoms with Crippen molar-refractivity contribution in [3.05, 3.63) is 29.8 Å². The maximum atomic E-state index is 11.6. The predicted octanol–water partition coefficient (Wildman–Crippen LogP) is 1.91. The van der Waals surface area contributed by atoms with Crippen molar-refractivity contribution in [3.8, 4) is 0 Å². The van der Waals surface area contributed by atoms with Crippen LogP contribution in [0.1, 0.15) is 18.4 Å². The van der Waals surface area contributed by atoms with Crippen molar-refractivity contribution in [3.63, 3.8) is 0 Å². The lowest BCUT2D eigenvalue weighted by molar-refractivity contribution is -0.127. The van der Waals surface area contributed by atoms with Crippen molar-refractivity contribution in [1.29, 1.82) is 0 Å². The average Bonchev–Trinajstić information content (AvgIpc) is 2.42. The zero-order valence-electron chi connectivity index (χ0n) is 11.7. The number of nitrogens with zero attached hydrogens (tertiary/aromatic N) is 1. The standard InChI is InChI=1S/C15H22N2O2/c1-17(2)15(18)10-12-5-7-13(8-6-12)16-14-4-3-9-19-11-14/h5-8,14,16H,3-4,9-11H2,1-2H3. The molecule has 1 saturated heterocycles. The molecular formula is C15H22N2O2. The Morgan fingerprint density at radius 1 is 1.37 bits per heavy atom. The summed E-state index contributed by atoms with van der Waals surface area (Å²) in [4.78, 5) is 13.2. The number of ether oxygens (including phenoxy) is 1. The summed E-state index contributed by atoms with van der Waals surface area (Å²) in [5, 5.41) is 3.46. The van der Waals surface area contributed by atoms with E-state index in [9.17, 15) is 4.79 Å². The highest BCUT2D eigenvalue weighted by atomic mass is 16.5. The first-order valence-electron chi connectivity index (χ1n) is 6.78. The molecular weight excluding hydrogens is 240 g/mol. The maximum Gasteiger partial charge on any atom is 0.226 e. The fraction of sp³-hybridized carbons (Fsp3) is 0.533.